The number of carbonyl (C=O) groups excluding carboxylic acids is 2. The van der Waals surface area contributed by atoms with E-state index >= 15 is 0 Å². The number of carbonyl (C=O) groups is 2. The molecule has 0 aliphatic carbocycles. The van der Waals surface area contributed by atoms with Crippen molar-refractivity contribution in [2.24, 2.45) is 0 Å². The SMILES string of the molecule is O=C(CN1CCCC1C(=O)N1CCC(F)C1)N1CCCCCC1. The van der Waals surface area contributed by atoms with Crippen molar-refractivity contribution in [3.63, 3.8) is 0 Å². The first-order chi connectivity index (χ1) is 11.1. The Labute approximate surface area is 137 Å². The summed E-state index contributed by atoms with van der Waals surface area (Å²) in [4.78, 5) is 30.8. The van der Waals surface area contributed by atoms with Gasteiger partial charge < -0.3 is 9.80 Å². The Bertz CT molecular complexity index is 438. The smallest absolute Gasteiger partial charge is 0.240 e. The van der Waals surface area contributed by atoms with E-state index < -0.39 is 6.17 Å². The summed E-state index contributed by atoms with van der Waals surface area (Å²) in [5.41, 5.74) is 0. The van der Waals surface area contributed by atoms with Crippen LogP contribution in [-0.2, 0) is 9.59 Å². The first-order valence-electron chi connectivity index (χ1n) is 9.10. The summed E-state index contributed by atoms with van der Waals surface area (Å²) in [5.74, 6) is 0.169. The summed E-state index contributed by atoms with van der Waals surface area (Å²) in [6.45, 7) is 3.57. The van der Waals surface area contributed by atoms with Crippen LogP contribution in [0.25, 0.3) is 0 Å². The Balaban J connectivity index is 1.55. The van der Waals surface area contributed by atoms with Crippen LogP contribution in [0.4, 0.5) is 4.39 Å². The van der Waals surface area contributed by atoms with Crippen LogP contribution >= 0.6 is 0 Å². The lowest BCUT2D eigenvalue weighted by Gasteiger charge is -2.29. The molecule has 3 aliphatic heterocycles. The van der Waals surface area contributed by atoms with Gasteiger partial charge in [-0.15, -0.1) is 0 Å². The van der Waals surface area contributed by atoms with Crippen molar-refractivity contribution >= 4 is 11.8 Å². The fourth-order valence-electron chi connectivity index (χ4n) is 4.02. The van der Waals surface area contributed by atoms with Gasteiger partial charge in [-0.1, -0.05) is 12.8 Å². The van der Waals surface area contributed by atoms with Crippen LogP contribution < -0.4 is 0 Å². The van der Waals surface area contributed by atoms with E-state index in [4.69, 9.17) is 0 Å². The first-order valence-corrected chi connectivity index (χ1v) is 9.10. The van der Waals surface area contributed by atoms with E-state index in [1.54, 1.807) is 4.90 Å². The van der Waals surface area contributed by atoms with Gasteiger partial charge in [-0.05, 0) is 38.6 Å². The highest BCUT2D eigenvalue weighted by molar-refractivity contribution is 5.84. The van der Waals surface area contributed by atoms with Gasteiger partial charge in [-0.25, -0.2) is 4.39 Å². The normalized spacial score (nSPS) is 29.8. The lowest BCUT2D eigenvalue weighted by molar-refractivity contribution is -0.138. The number of hydrogen-bond acceptors (Lipinski definition) is 3. The largest absolute Gasteiger partial charge is 0.342 e. The molecule has 3 saturated heterocycles. The lowest BCUT2D eigenvalue weighted by Crippen LogP contribution is -2.49. The molecule has 0 aromatic carbocycles. The van der Waals surface area contributed by atoms with E-state index in [0.717, 1.165) is 45.3 Å². The van der Waals surface area contributed by atoms with Crippen LogP contribution in [0.2, 0.25) is 0 Å². The predicted octanol–water partition coefficient (Wildman–Crippen LogP) is 1.42. The van der Waals surface area contributed by atoms with E-state index in [0.29, 0.717) is 19.5 Å². The van der Waals surface area contributed by atoms with Gasteiger partial charge in [-0.3, -0.25) is 14.5 Å². The molecule has 6 heteroatoms. The molecule has 2 atom stereocenters. The predicted molar refractivity (Wildman–Crippen MR) is 85.7 cm³/mol. The topological polar surface area (TPSA) is 43.9 Å². The number of amides is 2. The van der Waals surface area contributed by atoms with Gasteiger partial charge in [0.2, 0.25) is 11.8 Å². The van der Waals surface area contributed by atoms with Gasteiger partial charge in [0.05, 0.1) is 19.1 Å². The second kappa shape index (κ2) is 7.60. The second-order valence-corrected chi connectivity index (χ2v) is 7.09. The minimum absolute atomic E-state index is 0.0197. The monoisotopic (exact) mass is 325 g/mol. The molecule has 3 heterocycles. The number of likely N-dealkylation sites (tertiary alicyclic amines) is 3. The average molecular weight is 325 g/mol. The van der Waals surface area contributed by atoms with E-state index in [9.17, 15) is 14.0 Å². The highest BCUT2D eigenvalue weighted by Gasteiger charge is 2.37. The van der Waals surface area contributed by atoms with E-state index in [2.05, 4.69) is 0 Å². The van der Waals surface area contributed by atoms with Gasteiger partial charge in [0.15, 0.2) is 0 Å². The maximum absolute atomic E-state index is 13.3. The third kappa shape index (κ3) is 4.03. The highest BCUT2D eigenvalue weighted by atomic mass is 19.1. The maximum atomic E-state index is 13.3. The summed E-state index contributed by atoms with van der Waals surface area (Å²) in [5, 5.41) is 0. The molecule has 3 fully saturated rings. The Morgan fingerprint density at radius 1 is 0.870 bits per heavy atom. The van der Waals surface area contributed by atoms with E-state index in [-0.39, 0.29) is 24.4 Å². The third-order valence-electron chi connectivity index (χ3n) is 5.39. The van der Waals surface area contributed by atoms with Crippen molar-refractivity contribution in [2.75, 3.05) is 39.3 Å². The molecule has 5 nitrogen and oxygen atoms in total. The van der Waals surface area contributed by atoms with Crippen LogP contribution in [0.15, 0.2) is 0 Å². The van der Waals surface area contributed by atoms with Crippen LogP contribution in [-0.4, -0.2) is 78.0 Å². The summed E-state index contributed by atoms with van der Waals surface area (Å²) in [7, 11) is 0. The number of hydrogen-bond donors (Lipinski definition) is 0. The van der Waals surface area contributed by atoms with Crippen molar-refractivity contribution in [1.82, 2.24) is 14.7 Å². The van der Waals surface area contributed by atoms with Gasteiger partial charge in [0, 0.05) is 19.6 Å². The number of rotatable bonds is 3. The molecule has 0 saturated carbocycles. The van der Waals surface area contributed by atoms with Crippen molar-refractivity contribution in [3.8, 4) is 0 Å². The van der Waals surface area contributed by atoms with Crippen LogP contribution in [0.1, 0.15) is 44.9 Å². The fraction of sp³-hybridized carbons (Fsp3) is 0.882. The Hall–Kier alpha value is -1.17. The zero-order chi connectivity index (χ0) is 16.2. The number of nitrogens with zero attached hydrogens (tertiary/aromatic N) is 3. The zero-order valence-corrected chi connectivity index (χ0v) is 13.9. The third-order valence-corrected chi connectivity index (χ3v) is 5.39. The van der Waals surface area contributed by atoms with Crippen molar-refractivity contribution < 1.29 is 14.0 Å². The summed E-state index contributed by atoms with van der Waals surface area (Å²) < 4.78 is 13.3. The first kappa shape index (κ1) is 16.7. The summed E-state index contributed by atoms with van der Waals surface area (Å²) in [6, 6.07) is -0.226. The second-order valence-electron chi connectivity index (χ2n) is 7.09. The van der Waals surface area contributed by atoms with Gasteiger partial charge in [0.1, 0.15) is 6.17 Å². The average Bonchev–Trinajstić information content (AvgIpc) is 3.07. The summed E-state index contributed by atoms with van der Waals surface area (Å²) >= 11 is 0. The molecule has 2 amide bonds. The van der Waals surface area contributed by atoms with Crippen LogP contribution in [0.3, 0.4) is 0 Å². The molecule has 3 rings (SSSR count). The minimum Gasteiger partial charge on any atom is -0.342 e. The van der Waals surface area contributed by atoms with Crippen LogP contribution in [0.5, 0.6) is 0 Å². The van der Waals surface area contributed by atoms with Gasteiger partial charge >= 0.3 is 0 Å². The number of halogens is 1. The molecule has 0 N–H and O–H groups in total. The number of alkyl halides is 1. The van der Waals surface area contributed by atoms with Gasteiger partial charge in [-0.2, -0.15) is 0 Å². The molecule has 0 bridgehead atoms. The van der Waals surface area contributed by atoms with Crippen LogP contribution in [0, 0.1) is 0 Å². The molecular formula is C17H28FN3O2. The molecule has 0 aromatic rings. The Morgan fingerprint density at radius 2 is 1.61 bits per heavy atom. The van der Waals surface area contributed by atoms with Gasteiger partial charge in [0.25, 0.3) is 0 Å². The molecule has 2 unspecified atom stereocenters. The maximum Gasteiger partial charge on any atom is 0.240 e. The van der Waals surface area contributed by atoms with Crippen molar-refractivity contribution in [1.29, 1.82) is 0 Å². The van der Waals surface area contributed by atoms with Crippen molar-refractivity contribution in [2.45, 2.75) is 57.2 Å². The standard InChI is InChI=1S/C17H28FN3O2/c18-14-7-11-21(12-14)17(23)15-6-5-10-20(15)13-16(22)19-8-3-1-2-4-9-19/h14-15H,1-13H2. The molecule has 23 heavy (non-hydrogen) atoms. The highest BCUT2D eigenvalue weighted by Crippen LogP contribution is 2.22. The lowest BCUT2D eigenvalue weighted by atomic mass is 10.2. The van der Waals surface area contributed by atoms with Crippen molar-refractivity contribution in [3.05, 3.63) is 0 Å². The molecule has 0 spiro atoms. The quantitative estimate of drug-likeness (QED) is 0.788. The molecule has 0 radical (unpaired) electrons. The molecule has 3 aliphatic rings. The minimum atomic E-state index is -0.882. The molecule has 130 valence electrons. The molecular weight excluding hydrogens is 297 g/mol. The zero-order valence-electron chi connectivity index (χ0n) is 13.9. The fourth-order valence-corrected chi connectivity index (χ4v) is 4.02. The summed E-state index contributed by atoms with van der Waals surface area (Å²) in [6.07, 6.45) is 5.87. The van der Waals surface area contributed by atoms with E-state index in [1.807, 2.05) is 9.80 Å². The Morgan fingerprint density at radius 3 is 2.26 bits per heavy atom. The van der Waals surface area contributed by atoms with E-state index in [1.165, 1.54) is 12.8 Å². The Kier molecular flexibility index (Phi) is 5.51. The molecule has 0 aromatic heterocycles.